The average molecular weight is 287 g/mol. The van der Waals surface area contributed by atoms with Crippen molar-refractivity contribution in [3.63, 3.8) is 0 Å². The predicted octanol–water partition coefficient (Wildman–Crippen LogP) is 2.00. The second-order valence-electron chi connectivity index (χ2n) is 5.17. The van der Waals surface area contributed by atoms with Crippen molar-refractivity contribution in [2.45, 2.75) is 24.7 Å². The van der Waals surface area contributed by atoms with Crippen LogP contribution < -0.4 is 4.74 Å². The Morgan fingerprint density at radius 3 is 2.81 bits per heavy atom. The summed E-state index contributed by atoms with van der Waals surface area (Å²) in [6.45, 7) is 0. The van der Waals surface area contributed by atoms with Crippen LogP contribution in [0.3, 0.4) is 0 Å². The zero-order valence-corrected chi connectivity index (χ0v) is 12.1. The highest BCUT2D eigenvalue weighted by Gasteiger charge is 2.45. The molecule has 1 aromatic rings. The number of benzene rings is 1. The molecule has 0 amide bonds. The molecule has 2 rings (SSSR count). The Morgan fingerprint density at radius 1 is 1.43 bits per heavy atom. The van der Waals surface area contributed by atoms with Gasteiger partial charge in [0.1, 0.15) is 17.5 Å². The fourth-order valence-corrected chi connectivity index (χ4v) is 2.78. The van der Waals surface area contributed by atoms with Gasteiger partial charge in [0, 0.05) is 6.42 Å². The summed E-state index contributed by atoms with van der Waals surface area (Å²) in [4.78, 5) is 23.7. The molecule has 1 aliphatic rings. The maximum absolute atomic E-state index is 11.9. The predicted molar refractivity (Wildman–Crippen MR) is 74.6 cm³/mol. The number of Topliss-reactive ketones (excluding diaryl/α,β-unsaturated/α-hetero) is 1. The van der Waals surface area contributed by atoms with Crippen LogP contribution in [0.5, 0.6) is 5.75 Å². The largest absolute Gasteiger partial charge is 0.497 e. The Labute approximate surface area is 123 Å². The van der Waals surface area contributed by atoms with Gasteiger partial charge in [-0.1, -0.05) is 12.1 Å². The van der Waals surface area contributed by atoms with Crippen molar-refractivity contribution in [1.29, 1.82) is 5.26 Å². The van der Waals surface area contributed by atoms with E-state index in [0.717, 1.165) is 5.56 Å². The SMILES string of the molecule is COC(=O)[C@H]1C[C@@](C#N)(c2cccc(OC)c2)CCC1=O. The third-order valence-electron chi connectivity index (χ3n) is 4.06. The van der Waals surface area contributed by atoms with E-state index in [-0.39, 0.29) is 18.6 Å². The van der Waals surface area contributed by atoms with Gasteiger partial charge in [0.15, 0.2) is 0 Å². The van der Waals surface area contributed by atoms with E-state index in [1.54, 1.807) is 25.3 Å². The molecule has 0 spiro atoms. The standard InChI is InChI=1S/C16H17NO4/c1-20-12-5-3-4-11(8-12)16(10-17)7-6-14(18)13(9-16)15(19)21-2/h3-5,8,13H,6-7,9H2,1-2H3/t13-,16-/m0/s1. The number of methoxy groups -OCH3 is 2. The van der Waals surface area contributed by atoms with Crippen molar-refractivity contribution in [3.05, 3.63) is 29.8 Å². The third-order valence-corrected chi connectivity index (χ3v) is 4.06. The molecule has 1 aromatic carbocycles. The van der Waals surface area contributed by atoms with Gasteiger partial charge in [0.25, 0.3) is 0 Å². The number of rotatable bonds is 3. The average Bonchev–Trinajstić information content (AvgIpc) is 2.55. The number of esters is 1. The number of hydrogen-bond donors (Lipinski definition) is 0. The molecule has 0 unspecified atom stereocenters. The van der Waals surface area contributed by atoms with Gasteiger partial charge in [-0.2, -0.15) is 5.26 Å². The van der Waals surface area contributed by atoms with E-state index in [1.807, 2.05) is 6.07 Å². The first-order chi connectivity index (χ1) is 10.1. The van der Waals surface area contributed by atoms with Crippen LogP contribution in [-0.4, -0.2) is 26.0 Å². The zero-order valence-electron chi connectivity index (χ0n) is 12.1. The highest BCUT2D eigenvalue weighted by atomic mass is 16.5. The summed E-state index contributed by atoms with van der Waals surface area (Å²) in [5.41, 5.74) is -0.0906. The van der Waals surface area contributed by atoms with E-state index in [0.29, 0.717) is 12.2 Å². The lowest BCUT2D eigenvalue weighted by molar-refractivity contribution is -0.151. The summed E-state index contributed by atoms with van der Waals surface area (Å²) < 4.78 is 9.87. The van der Waals surface area contributed by atoms with Crippen molar-refractivity contribution >= 4 is 11.8 Å². The Kier molecular flexibility index (Phi) is 4.27. The van der Waals surface area contributed by atoms with Crippen molar-refractivity contribution in [3.8, 4) is 11.8 Å². The van der Waals surface area contributed by atoms with Gasteiger partial charge >= 0.3 is 5.97 Å². The van der Waals surface area contributed by atoms with Crippen LogP contribution in [-0.2, 0) is 19.7 Å². The first-order valence-electron chi connectivity index (χ1n) is 6.72. The minimum absolute atomic E-state index is 0.155. The number of ether oxygens (including phenoxy) is 2. The minimum atomic E-state index is -0.866. The van der Waals surface area contributed by atoms with E-state index in [9.17, 15) is 14.9 Å². The summed E-state index contributed by atoms with van der Waals surface area (Å²) in [6, 6.07) is 9.51. The Bertz CT molecular complexity index is 597. The monoisotopic (exact) mass is 287 g/mol. The molecule has 0 radical (unpaired) electrons. The van der Waals surface area contributed by atoms with Crippen molar-refractivity contribution in [2.24, 2.45) is 5.92 Å². The molecule has 5 heteroatoms. The van der Waals surface area contributed by atoms with E-state index in [4.69, 9.17) is 4.74 Å². The molecular weight excluding hydrogens is 270 g/mol. The molecule has 5 nitrogen and oxygen atoms in total. The van der Waals surface area contributed by atoms with Gasteiger partial charge < -0.3 is 9.47 Å². The van der Waals surface area contributed by atoms with E-state index >= 15 is 0 Å². The smallest absolute Gasteiger partial charge is 0.316 e. The molecule has 1 aliphatic carbocycles. The number of carbonyl (C=O) groups excluding carboxylic acids is 2. The highest BCUT2D eigenvalue weighted by Crippen LogP contribution is 2.41. The van der Waals surface area contributed by atoms with Crippen molar-refractivity contribution in [2.75, 3.05) is 14.2 Å². The molecule has 0 bridgehead atoms. The van der Waals surface area contributed by atoms with E-state index in [2.05, 4.69) is 10.8 Å². The first-order valence-corrected chi connectivity index (χ1v) is 6.72. The number of ketones is 1. The fraction of sp³-hybridized carbons (Fsp3) is 0.438. The minimum Gasteiger partial charge on any atom is -0.497 e. The number of hydrogen-bond acceptors (Lipinski definition) is 5. The molecule has 0 aliphatic heterocycles. The van der Waals surface area contributed by atoms with Crippen LogP contribution in [0.2, 0.25) is 0 Å². The molecule has 2 atom stereocenters. The number of carbonyl (C=O) groups is 2. The maximum Gasteiger partial charge on any atom is 0.316 e. The Morgan fingerprint density at radius 2 is 2.19 bits per heavy atom. The lowest BCUT2D eigenvalue weighted by atomic mass is 9.66. The summed E-state index contributed by atoms with van der Waals surface area (Å²) in [5, 5.41) is 9.66. The van der Waals surface area contributed by atoms with Crippen LogP contribution >= 0.6 is 0 Å². The number of nitrogens with zero attached hydrogens (tertiary/aromatic N) is 1. The molecule has 21 heavy (non-hydrogen) atoms. The fourth-order valence-electron chi connectivity index (χ4n) is 2.78. The molecule has 0 N–H and O–H groups in total. The van der Waals surface area contributed by atoms with Gasteiger partial charge in [-0.3, -0.25) is 9.59 Å². The Balaban J connectivity index is 2.39. The lowest BCUT2D eigenvalue weighted by Crippen LogP contribution is -2.40. The molecule has 1 fully saturated rings. The maximum atomic E-state index is 11.9. The summed E-state index contributed by atoms with van der Waals surface area (Å²) in [5.74, 6) is -0.943. The van der Waals surface area contributed by atoms with Crippen molar-refractivity contribution in [1.82, 2.24) is 0 Å². The highest BCUT2D eigenvalue weighted by molar-refractivity contribution is 6.00. The van der Waals surface area contributed by atoms with Gasteiger partial charge in [0.2, 0.25) is 0 Å². The first kappa shape index (κ1) is 15.0. The summed E-state index contributed by atoms with van der Waals surface area (Å²) in [6.07, 6.45) is 0.760. The molecule has 0 heterocycles. The molecule has 1 saturated carbocycles. The van der Waals surface area contributed by atoms with E-state index < -0.39 is 17.3 Å². The van der Waals surface area contributed by atoms with Crippen LogP contribution in [0.4, 0.5) is 0 Å². The topological polar surface area (TPSA) is 76.4 Å². The van der Waals surface area contributed by atoms with E-state index in [1.165, 1.54) is 7.11 Å². The summed E-state index contributed by atoms with van der Waals surface area (Å²) >= 11 is 0. The molecular formula is C16H17NO4. The zero-order chi connectivity index (χ0) is 15.5. The normalized spacial score (nSPS) is 25.0. The third kappa shape index (κ3) is 2.75. The lowest BCUT2D eigenvalue weighted by Gasteiger charge is -2.34. The van der Waals surface area contributed by atoms with Gasteiger partial charge in [0.05, 0.1) is 25.7 Å². The van der Waals surface area contributed by atoms with Gasteiger partial charge in [-0.15, -0.1) is 0 Å². The molecule has 0 aromatic heterocycles. The van der Waals surface area contributed by atoms with Crippen LogP contribution in [0, 0.1) is 17.2 Å². The van der Waals surface area contributed by atoms with Crippen molar-refractivity contribution < 1.29 is 19.1 Å². The second-order valence-corrected chi connectivity index (χ2v) is 5.17. The van der Waals surface area contributed by atoms with Crippen LogP contribution in [0.25, 0.3) is 0 Å². The van der Waals surface area contributed by atoms with Crippen LogP contribution in [0.1, 0.15) is 24.8 Å². The van der Waals surface area contributed by atoms with Crippen LogP contribution in [0.15, 0.2) is 24.3 Å². The Hall–Kier alpha value is -2.35. The molecule has 0 saturated heterocycles. The number of nitriles is 1. The summed E-state index contributed by atoms with van der Waals surface area (Å²) in [7, 11) is 2.81. The second kappa shape index (κ2) is 5.96. The van der Waals surface area contributed by atoms with Gasteiger partial charge in [-0.05, 0) is 30.5 Å². The quantitative estimate of drug-likeness (QED) is 0.627. The molecule has 110 valence electrons. The van der Waals surface area contributed by atoms with Gasteiger partial charge in [-0.25, -0.2) is 0 Å².